The second-order valence-electron chi connectivity index (χ2n) is 4.73. The van der Waals surface area contributed by atoms with E-state index in [0.717, 1.165) is 45.6 Å². The highest BCUT2D eigenvalue weighted by Crippen LogP contribution is 2.21. The molecule has 15 heavy (non-hydrogen) atoms. The van der Waals surface area contributed by atoms with Crippen LogP contribution in [-0.4, -0.2) is 43.5 Å². The Labute approximate surface area is 91.2 Å². The van der Waals surface area contributed by atoms with Gasteiger partial charge in [0.1, 0.15) is 0 Å². The molecule has 1 unspecified atom stereocenters. The van der Waals surface area contributed by atoms with Gasteiger partial charge in [0, 0.05) is 26.2 Å². The molecule has 0 spiro atoms. The standard InChI is InChI=1S/C11H21N3O/c12-4-3-9-2-1-5-14(8-9)11(15)10-6-13-7-10/h9-10,13H,1-8,12H2. The fraction of sp³-hybridized carbons (Fsp3) is 0.909. The van der Waals surface area contributed by atoms with Crippen LogP contribution in [0.15, 0.2) is 0 Å². The fourth-order valence-corrected chi connectivity index (χ4v) is 2.46. The number of likely N-dealkylation sites (tertiary alicyclic amines) is 1. The van der Waals surface area contributed by atoms with Crippen LogP contribution in [0.1, 0.15) is 19.3 Å². The van der Waals surface area contributed by atoms with Crippen molar-refractivity contribution in [3.63, 3.8) is 0 Å². The van der Waals surface area contributed by atoms with Gasteiger partial charge in [-0.25, -0.2) is 0 Å². The molecule has 86 valence electrons. The first-order valence-corrected chi connectivity index (χ1v) is 6.01. The average molecular weight is 211 g/mol. The highest BCUT2D eigenvalue weighted by molar-refractivity contribution is 5.80. The first-order chi connectivity index (χ1) is 7.31. The van der Waals surface area contributed by atoms with Gasteiger partial charge < -0.3 is 16.0 Å². The zero-order valence-corrected chi connectivity index (χ0v) is 9.24. The van der Waals surface area contributed by atoms with Crippen molar-refractivity contribution < 1.29 is 4.79 Å². The van der Waals surface area contributed by atoms with E-state index < -0.39 is 0 Å². The first-order valence-electron chi connectivity index (χ1n) is 6.01. The Hall–Kier alpha value is -0.610. The minimum atomic E-state index is 0.252. The summed E-state index contributed by atoms with van der Waals surface area (Å²) in [6.45, 7) is 4.38. The minimum Gasteiger partial charge on any atom is -0.342 e. The van der Waals surface area contributed by atoms with Gasteiger partial charge in [-0.05, 0) is 31.7 Å². The molecule has 0 aromatic carbocycles. The largest absolute Gasteiger partial charge is 0.342 e. The maximum absolute atomic E-state index is 12.0. The van der Waals surface area contributed by atoms with Crippen LogP contribution in [-0.2, 0) is 4.79 Å². The predicted molar refractivity (Wildman–Crippen MR) is 59.3 cm³/mol. The van der Waals surface area contributed by atoms with Gasteiger partial charge in [-0.15, -0.1) is 0 Å². The second kappa shape index (κ2) is 4.94. The van der Waals surface area contributed by atoms with E-state index in [-0.39, 0.29) is 5.92 Å². The summed E-state index contributed by atoms with van der Waals surface area (Å²) in [5.74, 6) is 1.25. The van der Waals surface area contributed by atoms with E-state index >= 15 is 0 Å². The number of nitrogens with one attached hydrogen (secondary N) is 1. The molecule has 1 amide bonds. The molecule has 2 saturated heterocycles. The summed E-state index contributed by atoms with van der Waals surface area (Å²) < 4.78 is 0. The van der Waals surface area contributed by atoms with E-state index in [2.05, 4.69) is 10.2 Å². The van der Waals surface area contributed by atoms with Gasteiger partial charge in [0.25, 0.3) is 0 Å². The van der Waals surface area contributed by atoms with E-state index in [1.54, 1.807) is 0 Å². The monoisotopic (exact) mass is 211 g/mol. The van der Waals surface area contributed by atoms with E-state index in [1.807, 2.05) is 0 Å². The van der Waals surface area contributed by atoms with E-state index in [0.29, 0.717) is 11.8 Å². The lowest BCUT2D eigenvalue weighted by atomic mass is 9.93. The molecule has 2 rings (SSSR count). The molecule has 2 heterocycles. The van der Waals surface area contributed by atoms with Crippen molar-refractivity contribution >= 4 is 5.91 Å². The summed E-state index contributed by atoms with van der Waals surface area (Å²) in [4.78, 5) is 14.0. The Morgan fingerprint density at radius 1 is 1.47 bits per heavy atom. The molecule has 0 bridgehead atoms. The summed E-state index contributed by atoms with van der Waals surface area (Å²) >= 11 is 0. The molecule has 2 fully saturated rings. The highest BCUT2D eigenvalue weighted by Gasteiger charge is 2.31. The van der Waals surface area contributed by atoms with Crippen molar-refractivity contribution in [1.29, 1.82) is 0 Å². The van der Waals surface area contributed by atoms with Crippen LogP contribution in [0.2, 0.25) is 0 Å². The molecule has 2 aliphatic rings. The predicted octanol–water partition coefficient (Wildman–Crippen LogP) is -0.207. The average Bonchev–Trinajstić information content (AvgIpc) is 2.16. The summed E-state index contributed by atoms with van der Waals surface area (Å²) in [5.41, 5.74) is 5.56. The van der Waals surface area contributed by atoms with Crippen molar-refractivity contribution in [2.75, 3.05) is 32.7 Å². The molecule has 0 saturated carbocycles. The Morgan fingerprint density at radius 3 is 2.87 bits per heavy atom. The molecule has 3 N–H and O–H groups in total. The van der Waals surface area contributed by atoms with E-state index in [9.17, 15) is 4.79 Å². The summed E-state index contributed by atoms with van der Waals surface area (Å²) in [7, 11) is 0. The summed E-state index contributed by atoms with van der Waals surface area (Å²) in [5, 5.41) is 3.15. The third kappa shape index (κ3) is 2.49. The van der Waals surface area contributed by atoms with Gasteiger partial charge in [0.15, 0.2) is 0 Å². The highest BCUT2D eigenvalue weighted by atomic mass is 16.2. The number of carbonyl (C=O) groups excluding carboxylic acids is 1. The summed E-state index contributed by atoms with van der Waals surface area (Å²) in [6, 6.07) is 0. The van der Waals surface area contributed by atoms with E-state index in [1.165, 1.54) is 6.42 Å². The van der Waals surface area contributed by atoms with Gasteiger partial charge in [-0.2, -0.15) is 0 Å². The number of amides is 1. The Balaban J connectivity index is 1.83. The molecule has 1 atom stereocenters. The lowest BCUT2D eigenvalue weighted by Crippen LogP contribution is -2.54. The number of hydrogen-bond acceptors (Lipinski definition) is 3. The number of carbonyl (C=O) groups is 1. The van der Waals surface area contributed by atoms with Gasteiger partial charge in [-0.1, -0.05) is 0 Å². The maximum Gasteiger partial charge on any atom is 0.228 e. The normalized spacial score (nSPS) is 27.5. The van der Waals surface area contributed by atoms with Crippen molar-refractivity contribution in [2.24, 2.45) is 17.6 Å². The number of rotatable bonds is 3. The fourth-order valence-electron chi connectivity index (χ4n) is 2.46. The zero-order chi connectivity index (χ0) is 10.7. The van der Waals surface area contributed by atoms with Gasteiger partial charge >= 0.3 is 0 Å². The molecule has 0 radical (unpaired) electrons. The molecule has 2 aliphatic heterocycles. The van der Waals surface area contributed by atoms with Crippen LogP contribution in [0.5, 0.6) is 0 Å². The number of nitrogens with two attached hydrogens (primary N) is 1. The number of nitrogens with zero attached hydrogens (tertiary/aromatic N) is 1. The molecular weight excluding hydrogens is 190 g/mol. The Morgan fingerprint density at radius 2 is 2.27 bits per heavy atom. The Bertz CT molecular complexity index is 226. The first kappa shape index (κ1) is 10.9. The van der Waals surface area contributed by atoms with Crippen molar-refractivity contribution in [3.8, 4) is 0 Å². The van der Waals surface area contributed by atoms with Crippen LogP contribution < -0.4 is 11.1 Å². The minimum absolute atomic E-state index is 0.252. The molecular formula is C11H21N3O. The van der Waals surface area contributed by atoms with Crippen molar-refractivity contribution in [3.05, 3.63) is 0 Å². The van der Waals surface area contributed by atoms with Gasteiger partial charge in [0.2, 0.25) is 5.91 Å². The lowest BCUT2D eigenvalue weighted by Gasteiger charge is -2.37. The lowest BCUT2D eigenvalue weighted by molar-refractivity contribution is -0.139. The smallest absolute Gasteiger partial charge is 0.228 e. The molecule has 0 aromatic heterocycles. The van der Waals surface area contributed by atoms with E-state index in [4.69, 9.17) is 5.73 Å². The Kier molecular flexibility index (Phi) is 3.59. The topological polar surface area (TPSA) is 58.4 Å². The summed E-state index contributed by atoms with van der Waals surface area (Å²) in [6.07, 6.45) is 3.45. The number of piperidine rings is 1. The third-order valence-electron chi connectivity index (χ3n) is 3.54. The molecule has 0 aliphatic carbocycles. The maximum atomic E-state index is 12.0. The number of hydrogen-bond donors (Lipinski definition) is 2. The zero-order valence-electron chi connectivity index (χ0n) is 9.24. The van der Waals surface area contributed by atoms with Gasteiger partial charge in [-0.3, -0.25) is 4.79 Å². The quantitative estimate of drug-likeness (QED) is 0.679. The van der Waals surface area contributed by atoms with Crippen LogP contribution in [0.25, 0.3) is 0 Å². The third-order valence-corrected chi connectivity index (χ3v) is 3.54. The molecule has 0 aromatic rings. The van der Waals surface area contributed by atoms with Crippen LogP contribution in [0.4, 0.5) is 0 Å². The SMILES string of the molecule is NCCC1CCCN(C(=O)C2CNC2)C1. The van der Waals surface area contributed by atoms with Crippen LogP contribution in [0.3, 0.4) is 0 Å². The van der Waals surface area contributed by atoms with Crippen LogP contribution in [0, 0.1) is 11.8 Å². The molecule has 4 heteroatoms. The van der Waals surface area contributed by atoms with Crippen molar-refractivity contribution in [2.45, 2.75) is 19.3 Å². The second-order valence-corrected chi connectivity index (χ2v) is 4.73. The van der Waals surface area contributed by atoms with Crippen molar-refractivity contribution in [1.82, 2.24) is 10.2 Å². The van der Waals surface area contributed by atoms with Crippen LogP contribution >= 0.6 is 0 Å². The molecule has 4 nitrogen and oxygen atoms in total. The van der Waals surface area contributed by atoms with Gasteiger partial charge in [0.05, 0.1) is 5.92 Å².